The molecule has 0 aliphatic heterocycles. The SMILES string of the molecule is N[C@H]1CCCC[C@@H]1CCC(=O)O. The minimum Gasteiger partial charge on any atom is -0.481 e. The van der Waals surface area contributed by atoms with E-state index in [1.54, 1.807) is 0 Å². The zero-order valence-corrected chi connectivity index (χ0v) is 7.33. The smallest absolute Gasteiger partial charge is 0.303 e. The Morgan fingerprint density at radius 1 is 1.42 bits per heavy atom. The lowest BCUT2D eigenvalue weighted by molar-refractivity contribution is -0.137. The number of carbonyl (C=O) groups is 1. The molecule has 0 radical (unpaired) electrons. The lowest BCUT2D eigenvalue weighted by Gasteiger charge is -2.27. The maximum atomic E-state index is 10.3. The average molecular weight is 171 g/mol. The van der Waals surface area contributed by atoms with Crippen LogP contribution in [-0.4, -0.2) is 17.1 Å². The summed E-state index contributed by atoms with van der Waals surface area (Å²) in [6, 6.07) is 0.248. The van der Waals surface area contributed by atoms with Crippen LogP contribution in [0.25, 0.3) is 0 Å². The fraction of sp³-hybridized carbons (Fsp3) is 0.889. The average Bonchev–Trinajstić information content (AvgIpc) is 2.03. The molecule has 1 aliphatic carbocycles. The summed E-state index contributed by atoms with van der Waals surface area (Å²) in [7, 11) is 0. The molecular weight excluding hydrogens is 154 g/mol. The molecule has 1 rings (SSSR count). The quantitative estimate of drug-likeness (QED) is 0.674. The van der Waals surface area contributed by atoms with Gasteiger partial charge in [-0.05, 0) is 25.2 Å². The summed E-state index contributed by atoms with van der Waals surface area (Å²) in [6.07, 6.45) is 5.66. The highest BCUT2D eigenvalue weighted by Gasteiger charge is 2.21. The summed E-state index contributed by atoms with van der Waals surface area (Å²) in [5.41, 5.74) is 5.87. The van der Waals surface area contributed by atoms with Crippen LogP contribution in [0.2, 0.25) is 0 Å². The van der Waals surface area contributed by atoms with Crippen LogP contribution in [0.5, 0.6) is 0 Å². The van der Waals surface area contributed by atoms with Crippen LogP contribution in [0.4, 0.5) is 0 Å². The Kier molecular flexibility index (Phi) is 3.53. The Hall–Kier alpha value is -0.570. The molecule has 0 unspecified atom stereocenters. The molecule has 2 atom stereocenters. The molecule has 0 aromatic rings. The number of nitrogens with two attached hydrogens (primary N) is 1. The topological polar surface area (TPSA) is 63.3 Å². The van der Waals surface area contributed by atoms with Crippen molar-refractivity contribution in [2.75, 3.05) is 0 Å². The van der Waals surface area contributed by atoms with Crippen LogP contribution in [0.15, 0.2) is 0 Å². The molecule has 0 aromatic carbocycles. The number of rotatable bonds is 3. The molecule has 0 amide bonds. The van der Waals surface area contributed by atoms with E-state index in [-0.39, 0.29) is 12.5 Å². The summed E-state index contributed by atoms with van der Waals surface area (Å²) in [4.78, 5) is 10.3. The van der Waals surface area contributed by atoms with Gasteiger partial charge in [-0.15, -0.1) is 0 Å². The first-order chi connectivity index (χ1) is 5.70. The number of carboxylic acid groups (broad SMARTS) is 1. The largest absolute Gasteiger partial charge is 0.481 e. The van der Waals surface area contributed by atoms with E-state index in [0.717, 1.165) is 19.3 Å². The maximum absolute atomic E-state index is 10.3. The number of hydrogen-bond donors (Lipinski definition) is 2. The Balaban J connectivity index is 2.24. The van der Waals surface area contributed by atoms with Crippen LogP contribution in [0.3, 0.4) is 0 Å². The summed E-state index contributed by atoms with van der Waals surface area (Å²) in [5, 5.41) is 8.49. The standard InChI is InChI=1S/C9H17NO2/c10-8-4-2-1-3-7(8)5-6-9(11)12/h7-8H,1-6,10H2,(H,11,12)/t7-,8+/m1/s1. The molecule has 1 saturated carbocycles. The van der Waals surface area contributed by atoms with Gasteiger partial charge in [0.25, 0.3) is 0 Å². The van der Waals surface area contributed by atoms with E-state index in [2.05, 4.69) is 0 Å². The molecule has 3 nitrogen and oxygen atoms in total. The Bertz CT molecular complexity index is 159. The molecular formula is C9H17NO2. The summed E-state index contributed by atoms with van der Waals surface area (Å²) >= 11 is 0. The number of aliphatic carboxylic acids is 1. The predicted octanol–water partition coefficient (Wildman–Crippen LogP) is 1.37. The van der Waals surface area contributed by atoms with Crippen molar-refractivity contribution in [1.82, 2.24) is 0 Å². The van der Waals surface area contributed by atoms with Crippen molar-refractivity contribution in [3.8, 4) is 0 Å². The van der Waals surface area contributed by atoms with Crippen molar-refractivity contribution >= 4 is 5.97 Å². The first-order valence-corrected chi connectivity index (χ1v) is 4.67. The van der Waals surface area contributed by atoms with Crippen LogP contribution in [0.1, 0.15) is 38.5 Å². The minimum atomic E-state index is -0.701. The van der Waals surface area contributed by atoms with E-state index in [4.69, 9.17) is 10.8 Å². The first kappa shape index (κ1) is 9.52. The maximum Gasteiger partial charge on any atom is 0.303 e. The Morgan fingerprint density at radius 3 is 2.67 bits per heavy atom. The van der Waals surface area contributed by atoms with Crippen molar-refractivity contribution in [3.05, 3.63) is 0 Å². The van der Waals surface area contributed by atoms with Gasteiger partial charge in [0.2, 0.25) is 0 Å². The van der Waals surface area contributed by atoms with Crippen LogP contribution >= 0.6 is 0 Å². The summed E-state index contributed by atoms with van der Waals surface area (Å²) < 4.78 is 0. The minimum absolute atomic E-state index is 0.248. The zero-order chi connectivity index (χ0) is 8.97. The molecule has 70 valence electrons. The number of hydrogen-bond acceptors (Lipinski definition) is 2. The molecule has 12 heavy (non-hydrogen) atoms. The van der Waals surface area contributed by atoms with Crippen LogP contribution < -0.4 is 5.73 Å². The normalized spacial score (nSPS) is 30.1. The van der Waals surface area contributed by atoms with Gasteiger partial charge >= 0.3 is 5.97 Å². The fourth-order valence-corrected chi connectivity index (χ4v) is 1.90. The molecule has 1 aliphatic rings. The molecule has 3 N–H and O–H groups in total. The zero-order valence-electron chi connectivity index (χ0n) is 7.33. The monoisotopic (exact) mass is 171 g/mol. The van der Waals surface area contributed by atoms with E-state index in [1.165, 1.54) is 12.8 Å². The van der Waals surface area contributed by atoms with E-state index in [9.17, 15) is 4.79 Å². The van der Waals surface area contributed by atoms with Crippen molar-refractivity contribution in [1.29, 1.82) is 0 Å². The van der Waals surface area contributed by atoms with Gasteiger partial charge in [-0.1, -0.05) is 12.8 Å². The molecule has 1 fully saturated rings. The van der Waals surface area contributed by atoms with Gasteiger partial charge in [-0.2, -0.15) is 0 Å². The second-order valence-electron chi connectivity index (χ2n) is 3.64. The second-order valence-corrected chi connectivity index (χ2v) is 3.64. The third-order valence-corrected chi connectivity index (χ3v) is 2.70. The molecule has 3 heteroatoms. The second kappa shape index (κ2) is 4.45. The lowest BCUT2D eigenvalue weighted by Crippen LogP contribution is -2.33. The van der Waals surface area contributed by atoms with Crippen LogP contribution in [0, 0.1) is 5.92 Å². The fourth-order valence-electron chi connectivity index (χ4n) is 1.90. The lowest BCUT2D eigenvalue weighted by atomic mass is 9.82. The van der Waals surface area contributed by atoms with Gasteiger partial charge in [-0.3, -0.25) is 4.79 Å². The van der Waals surface area contributed by atoms with Crippen molar-refractivity contribution in [3.63, 3.8) is 0 Å². The Morgan fingerprint density at radius 2 is 2.08 bits per heavy atom. The first-order valence-electron chi connectivity index (χ1n) is 4.67. The van der Waals surface area contributed by atoms with Crippen LogP contribution in [-0.2, 0) is 4.79 Å². The van der Waals surface area contributed by atoms with E-state index in [0.29, 0.717) is 5.92 Å². The van der Waals surface area contributed by atoms with Crippen molar-refractivity contribution < 1.29 is 9.90 Å². The number of carboxylic acids is 1. The highest BCUT2D eigenvalue weighted by atomic mass is 16.4. The van der Waals surface area contributed by atoms with Gasteiger partial charge < -0.3 is 10.8 Å². The summed E-state index contributed by atoms with van der Waals surface area (Å²) in [5.74, 6) is -0.248. The van der Waals surface area contributed by atoms with E-state index < -0.39 is 5.97 Å². The highest BCUT2D eigenvalue weighted by molar-refractivity contribution is 5.66. The predicted molar refractivity (Wildman–Crippen MR) is 46.8 cm³/mol. The van der Waals surface area contributed by atoms with Gasteiger partial charge in [-0.25, -0.2) is 0 Å². The van der Waals surface area contributed by atoms with E-state index >= 15 is 0 Å². The van der Waals surface area contributed by atoms with Gasteiger partial charge in [0.05, 0.1) is 0 Å². The molecule has 0 aromatic heterocycles. The summed E-state index contributed by atoms with van der Waals surface area (Å²) in [6.45, 7) is 0. The third kappa shape index (κ3) is 2.81. The third-order valence-electron chi connectivity index (χ3n) is 2.70. The molecule has 0 bridgehead atoms. The van der Waals surface area contributed by atoms with E-state index in [1.807, 2.05) is 0 Å². The van der Waals surface area contributed by atoms with Gasteiger partial charge in [0.1, 0.15) is 0 Å². The van der Waals surface area contributed by atoms with Gasteiger partial charge in [0, 0.05) is 12.5 Å². The molecule has 0 spiro atoms. The Labute approximate surface area is 72.9 Å². The van der Waals surface area contributed by atoms with Crippen molar-refractivity contribution in [2.45, 2.75) is 44.6 Å². The van der Waals surface area contributed by atoms with Crippen molar-refractivity contribution in [2.24, 2.45) is 11.7 Å². The molecule has 0 heterocycles. The highest BCUT2D eigenvalue weighted by Crippen LogP contribution is 2.26. The van der Waals surface area contributed by atoms with Gasteiger partial charge in [0.15, 0.2) is 0 Å². The molecule has 0 saturated heterocycles.